The fourth-order valence-electron chi connectivity index (χ4n) is 2.56. The lowest BCUT2D eigenvalue weighted by atomic mass is 10.0. The van der Waals surface area contributed by atoms with E-state index >= 15 is 0 Å². The predicted octanol–water partition coefficient (Wildman–Crippen LogP) is 5.14. The summed E-state index contributed by atoms with van der Waals surface area (Å²) in [4.78, 5) is 3.48. The highest BCUT2D eigenvalue weighted by molar-refractivity contribution is 9.10. The molecule has 0 spiro atoms. The number of H-pyrrole nitrogens is 1. The van der Waals surface area contributed by atoms with Crippen LogP contribution in [0.3, 0.4) is 0 Å². The Morgan fingerprint density at radius 1 is 1.05 bits per heavy atom. The van der Waals surface area contributed by atoms with Gasteiger partial charge in [-0.1, -0.05) is 45.8 Å². The average Bonchev–Trinajstić information content (AvgIpc) is 2.69. The van der Waals surface area contributed by atoms with Crippen LogP contribution in [0.15, 0.2) is 46.9 Å². The molecule has 0 aliphatic heterocycles. The third-order valence-electron chi connectivity index (χ3n) is 3.60. The van der Waals surface area contributed by atoms with E-state index in [1.807, 2.05) is 0 Å². The number of aryl methyl sites for hydroxylation is 2. The molecule has 0 saturated heterocycles. The van der Waals surface area contributed by atoms with Gasteiger partial charge >= 0.3 is 0 Å². The van der Waals surface area contributed by atoms with Crippen LogP contribution < -0.4 is 0 Å². The minimum atomic E-state index is 0.955. The first kappa shape index (κ1) is 12.5. The van der Waals surface area contributed by atoms with Crippen molar-refractivity contribution in [3.8, 4) is 0 Å². The van der Waals surface area contributed by atoms with Crippen molar-refractivity contribution >= 4 is 26.8 Å². The van der Waals surface area contributed by atoms with Gasteiger partial charge in [0.15, 0.2) is 0 Å². The molecule has 2 aromatic carbocycles. The molecule has 1 N–H and O–H groups in total. The van der Waals surface area contributed by atoms with Gasteiger partial charge in [0.25, 0.3) is 0 Å². The van der Waals surface area contributed by atoms with Crippen LogP contribution >= 0.6 is 15.9 Å². The zero-order valence-electron chi connectivity index (χ0n) is 11.1. The predicted molar refractivity (Wildman–Crippen MR) is 84.7 cm³/mol. The Morgan fingerprint density at radius 3 is 2.63 bits per heavy atom. The van der Waals surface area contributed by atoms with Crippen LogP contribution in [0.25, 0.3) is 10.9 Å². The molecular formula is C17H16BrN. The van der Waals surface area contributed by atoms with E-state index in [9.17, 15) is 0 Å². The van der Waals surface area contributed by atoms with Crippen molar-refractivity contribution in [2.24, 2.45) is 0 Å². The highest BCUT2D eigenvalue weighted by Crippen LogP contribution is 2.28. The molecule has 0 aliphatic rings. The molecule has 1 heterocycles. The molecule has 0 bridgehead atoms. The molecule has 2 heteroatoms. The summed E-state index contributed by atoms with van der Waals surface area (Å²) in [5, 5.41) is 1.34. The van der Waals surface area contributed by atoms with Gasteiger partial charge in [-0.2, -0.15) is 0 Å². The lowest BCUT2D eigenvalue weighted by molar-refractivity contribution is 1.14. The zero-order chi connectivity index (χ0) is 13.4. The van der Waals surface area contributed by atoms with Crippen LogP contribution in [0.4, 0.5) is 0 Å². The molecule has 0 amide bonds. The number of aromatic nitrogens is 1. The van der Waals surface area contributed by atoms with E-state index in [0.29, 0.717) is 0 Å². The van der Waals surface area contributed by atoms with E-state index in [4.69, 9.17) is 0 Å². The summed E-state index contributed by atoms with van der Waals surface area (Å²) < 4.78 is 1.18. The van der Waals surface area contributed by atoms with Crippen molar-refractivity contribution in [3.05, 3.63) is 69.3 Å². The van der Waals surface area contributed by atoms with Gasteiger partial charge in [0.1, 0.15) is 0 Å². The summed E-state index contributed by atoms with van der Waals surface area (Å²) in [6.07, 6.45) is 0.955. The minimum Gasteiger partial charge on any atom is -0.358 e. The number of hydrogen-bond acceptors (Lipinski definition) is 0. The monoisotopic (exact) mass is 313 g/mol. The first-order valence-electron chi connectivity index (χ1n) is 6.46. The van der Waals surface area contributed by atoms with Crippen LogP contribution in [-0.2, 0) is 6.42 Å². The number of hydrogen-bond donors (Lipinski definition) is 1. The molecule has 1 nitrogen and oxygen atoms in total. The molecule has 19 heavy (non-hydrogen) atoms. The standard InChI is InChI=1S/C17H16BrN/c1-11-7-8-17-15(9-11)14(12(2)19-17)10-13-5-3-4-6-16(13)18/h3-9,19H,10H2,1-2H3. The van der Waals surface area contributed by atoms with E-state index < -0.39 is 0 Å². The number of nitrogens with one attached hydrogen (secondary N) is 1. The maximum Gasteiger partial charge on any atom is 0.0459 e. The summed E-state index contributed by atoms with van der Waals surface area (Å²) in [5.41, 5.74) is 6.51. The Labute approximate surface area is 121 Å². The fraction of sp³-hybridized carbons (Fsp3) is 0.176. The molecule has 3 rings (SSSR count). The molecule has 0 aliphatic carbocycles. The van der Waals surface area contributed by atoms with Gasteiger partial charge in [0.2, 0.25) is 0 Å². The van der Waals surface area contributed by atoms with Crippen molar-refractivity contribution in [3.63, 3.8) is 0 Å². The topological polar surface area (TPSA) is 15.8 Å². The van der Waals surface area contributed by atoms with Crippen LogP contribution in [0.2, 0.25) is 0 Å². The molecule has 0 fully saturated rings. The third-order valence-corrected chi connectivity index (χ3v) is 4.37. The quantitative estimate of drug-likeness (QED) is 0.674. The molecule has 96 valence electrons. The molecule has 0 atom stereocenters. The van der Waals surface area contributed by atoms with Crippen molar-refractivity contribution in [1.82, 2.24) is 4.98 Å². The van der Waals surface area contributed by atoms with Crippen molar-refractivity contribution in [1.29, 1.82) is 0 Å². The van der Waals surface area contributed by atoms with Crippen molar-refractivity contribution < 1.29 is 0 Å². The van der Waals surface area contributed by atoms with E-state index in [2.05, 4.69) is 77.2 Å². The summed E-state index contributed by atoms with van der Waals surface area (Å²) in [5.74, 6) is 0. The van der Waals surface area contributed by atoms with E-state index in [1.54, 1.807) is 0 Å². The summed E-state index contributed by atoms with van der Waals surface area (Å²) in [6.45, 7) is 4.30. The van der Waals surface area contributed by atoms with Crippen molar-refractivity contribution in [2.75, 3.05) is 0 Å². The zero-order valence-corrected chi connectivity index (χ0v) is 12.7. The molecular weight excluding hydrogens is 298 g/mol. The Morgan fingerprint density at radius 2 is 1.84 bits per heavy atom. The smallest absolute Gasteiger partial charge is 0.0459 e. The van der Waals surface area contributed by atoms with Gasteiger partial charge in [-0.25, -0.2) is 0 Å². The van der Waals surface area contributed by atoms with Gasteiger partial charge < -0.3 is 4.98 Å². The number of aromatic amines is 1. The second-order valence-corrected chi connectivity index (χ2v) is 5.90. The largest absolute Gasteiger partial charge is 0.358 e. The number of fused-ring (bicyclic) bond motifs is 1. The fourth-order valence-corrected chi connectivity index (χ4v) is 2.98. The van der Waals surface area contributed by atoms with E-state index in [1.165, 1.54) is 37.8 Å². The maximum absolute atomic E-state index is 3.63. The molecule has 0 unspecified atom stereocenters. The first-order chi connectivity index (χ1) is 9.15. The average molecular weight is 314 g/mol. The third kappa shape index (κ3) is 2.33. The number of benzene rings is 2. The summed E-state index contributed by atoms with van der Waals surface area (Å²) in [7, 11) is 0. The summed E-state index contributed by atoms with van der Waals surface area (Å²) >= 11 is 3.63. The Hall–Kier alpha value is -1.54. The van der Waals surface area contributed by atoms with E-state index in [-0.39, 0.29) is 0 Å². The van der Waals surface area contributed by atoms with Crippen LogP contribution in [0, 0.1) is 13.8 Å². The Bertz CT molecular complexity index is 740. The van der Waals surface area contributed by atoms with Gasteiger partial charge in [-0.15, -0.1) is 0 Å². The first-order valence-corrected chi connectivity index (χ1v) is 7.25. The number of halogens is 1. The highest BCUT2D eigenvalue weighted by atomic mass is 79.9. The Kier molecular flexibility index (Phi) is 3.19. The normalized spacial score (nSPS) is 11.1. The molecule has 0 radical (unpaired) electrons. The van der Waals surface area contributed by atoms with Gasteiger partial charge in [-0.3, -0.25) is 0 Å². The van der Waals surface area contributed by atoms with Gasteiger partial charge in [-0.05, 0) is 43.2 Å². The lowest BCUT2D eigenvalue weighted by Crippen LogP contribution is -1.91. The van der Waals surface area contributed by atoms with Crippen LogP contribution in [0.1, 0.15) is 22.4 Å². The number of rotatable bonds is 2. The molecule has 1 aromatic heterocycles. The Balaban J connectivity index is 2.12. The van der Waals surface area contributed by atoms with Crippen molar-refractivity contribution in [2.45, 2.75) is 20.3 Å². The SMILES string of the molecule is Cc1ccc2[nH]c(C)c(Cc3ccccc3Br)c2c1. The van der Waals surface area contributed by atoms with Crippen LogP contribution in [0.5, 0.6) is 0 Å². The highest BCUT2D eigenvalue weighted by Gasteiger charge is 2.10. The van der Waals surface area contributed by atoms with Gasteiger partial charge in [0.05, 0.1) is 0 Å². The second-order valence-electron chi connectivity index (χ2n) is 5.05. The summed E-state index contributed by atoms with van der Waals surface area (Å²) in [6, 6.07) is 15.0. The second kappa shape index (κ2) is 4.86. The molecule has 0 saturated carbocycles. The van der Waals surface area contributed by atoms with Gasteiger partial charge in [0, 0.05) is 27.5 Å². The molecule has 3 aromatic rings. The minimum absolute atomic E-state index is 0.955. The maximum atomic E-state index is 3.63. The lowest BCUT2D eigenvalue weighted by Gasteiger charge is -2.05. The van der Waals surface area contributed by atoms with Crippen LogP contribution in [-0.4, -0.2) is 4.98 Å². The van der Waals surface area contributed by atoms with E-state index in [0.717, 1.165) is 6.42 Å².